The molecule has 0 bridgehead atoms. The number of amides is 1. The average molecular weight is 357 g/mol. The van der Waals surface area contributed by atoms with Gasteiger partial charge in [-0.1, -0.05) is 0 Å². The third-order valence-electron chi connectivity index (χ3n) is 3.51. The van der Waals surface area contributed by atoms with E-state index in [1.807, 2.05) is 19.0 Å². The molecule has 0 spiro atoms. The maximum Gasteiger partial charge on any atom is 0.271 e. The molecule has 0 aromatic heterocycles. The Morgan fingerprint density at radius 3 is 2.62 bits per heavy atom. The number of methoxy groups -OCH3 is 1. The predicted octanol–water partition coefficient (Wildman–Crippen LogP) is 2.11. The Bertz CT molecular complexity index is 758. The Morgan fingerprint density at radius 2 is 1.96 bits per heavy atom. The highest BCUT2D eigenvalue weighted by Gasteiger charge is 2.05. The summed E-state index contributed by atoms with van der Waals surface area (Å²) in [7, 11) is 5.42. The fourth-order valence-corrected chi connectivity index (χ4v) is 2.05. The number of aromatic hydroxyl groups is 1. The summed E-state index contributed by atoms with van der Waals surface area (Å²) in [5.41, 5.74) is 3.62. The minimum atomic E-state index is -0.327. The van der Waals surface area contributed by atoms with E-state index >= 15 is 0 Å². The van der Waals surface area contributed by atoms with Gasteiger partial charge in [-0.15, -0.1) is 0 Å². The SMILES string of the molecule is COc1cc(/C=N/NC(=O)c2ccc(OCCN(C)C)cc2)ccc1O. The van der Waals surface area contributed by atoms with Gasteiger partial charge >= 0.3 is 0 Å². The van der Waals surface area contributed by atoms with Crippen molar-refractivity contribution in [3.05, 3.63) is 53.6 Å². The van der Waals surface area contributed by atoms with Crippen LogP contribution in [0.15, 0.2) is 47.6 Å². The molecule has 7 nitrogen and oxygen atoms in total. The third-order valence-corrected chi connectivity index (χ3v) is 3.51. The van der Waals surface area contributed by atoms with Crippen molar-refractivity contribution >= 4 is 12.1 Å². The van der Waals surface area contributed by atoms with Gasteiger partial charge in [0, 0.05) is 12.1 Å². The van der Waals surface area contributed by atoms with Crippen molar-refractivity contribution in [1.82, 2.24) is 10.3 Å². The molecule has 0 unspecified atom stereocenters. The van der Waals surface area contributed by atoms with Crippen LogP contribution >= 0.6 is 0 Å². The number of nitrogens with one attached hydrogen (secondary N) is 1. The summed E-state index contributed by atoms with van der Waals surface area (Å²) in [5, 5.41) is 13.5. The van der Waals surface area contributed by atoms with E-state index in [0.717, 1.165) is 6.54 Å². The van der Waals surface area contributed by atoms with Gasteiger partial charge in [0.15, 0.2) is 11.5 Å². The van der Waals surface area contributed by atoms with Crippen molar-refractivity contribution in [2.45, 2.75) is 0 Å². The van der Waals surface area contributed by atoms with Crippen LogP contribution in [0.1, 0.15) is 15.9 Å². The zero-order valence-corrected chi connectivity index (χ0v) is 15.1. The maximum absolute atomic E-state index is 12.1. The molecule has 0 aliphatic rings. The fraction of sp³-hybridized carbons (Fsp3) is 0.263. The molecule has 1 amide bonds. The number of phenolic OH excluding ortho intramolecular Hbond substituents is 1. The summed E-state index contributed by atoms with van der Waals surface area (Å²) < 4.78 is 10.6. The lowest BCUT2D eigenvalue weighted by molar-refractivity contribution is 0.0955. The first-order valence-electron chi connectivity index (χ1n) is 8.07. The Labute approximate surface area is 152 Å². The Balaban J connectivity index is 1.89. The van der Waals surface area contributed by atoms with Crippen molar-refractivity contribution in [3.63, 3.8) is 0 Å². The van der Waals surface area contributed by atoms with Crippen LogP contribution in [-0.2, 0) is 0 Å². The van der Waals surface area contributed by atoms with E-state index in [9.17, 15) is 9.90 Å². The first-order chi connectivity index (χ1) is 12.5. The average Bonchev–Trinajstić information content (AvgIpc) is 2.63. The molecular formula is C19H23N3O4. The number of hydrogen-bond acceptors (Lipinski definition) is 6. The summed E-state index contributed by atoms with van der Waals surface area (Å²) in [4.78, 5) is 14.1. The second-order valence-electron chi connectivity index (χ2n) is 5.81. The number of phenols is 1. The first kappa shape index (κ1) is 19.3. The third kappa shape index (κ3) is 5.78. The number of rotatable bonds is 8. The van der Waals surface area contributed by atoms with Crippen LogP contribution in [0.5, 0.6) is 17.2 Å². The molecule has 2 aromatic rings. The Morgan fingerprint density at radius 1 is 1.23 bits per heavy atom. The van der Waals surface area contributed by atoms with Crippen LogP contribution < -0.4 is 14.9 Å². The molecule has 26 heavy (non-hydrogen) atoms. The Kier molecular flexibility index (Phi) is 6.99. The lowest BCUT2D eigenvalue weighted by Gasteiger charge is -2.11. The van der Waals surface area contributed by atoms with Crippen LogP contribution in [0.2, 0.25) is 0 Å². The van der Waals surface area contributed by atoms with E-state index in [1.54, 1.807) is 36.4 Å². The molecule has 7 heteroatoms. The smallest absolute Gasteiger partial charge is 0.271 e. The van der Waals surface area contributed by atoms with Crippen LogP contribution in [0, 0.1) is 0 Å². The van der Waals surface area contributed by atoms with E-state index in [4.69, 9.17) is 9.47 Å². The second kappa shape index (κ2) is 9.43. The van der Waals surface area contributed by atoms with Gasteiger partial charge in [-0.3, -0.25) is 4.79 Å². The minimum Gasteiger partial charge on any atom is -0.504 e. The minimum absolute atomic E-state index is 0.0431. The van der Waals surface area contributed by atoms with Gasteiger partial charge in [0.05, 0.1) is 13.3 Å². The standard InChI is InChI=1S/C19H23N3O4/c1-22(2)10-11-26-16-7-5-15(6-8-16)19(24)21-20-13-14-4-9-17(23)18(12-14)25-3/h4-9,12-13,23H,10-11H2,1-3H3,(H,21,24)/b20-13+. The fourth-order valence-electron chi connectivity index (χ4n) is 2.05. The van der Waals surface area contributed by atoms with Gasteiger partial charge in [0.2, 0.25) is 0 Å². The highest BCUT2D eigenvalue weighted by Crippen LogP contribution is 2.25. The van der Waals surface area contributed by atoms with Crippen LogP contribution in [0.3, 0.4) is 0 Å². The molecule has 0 atom stereocenters. The molecule has 0 saturated heterocycles. The number of nitrogens with zero attached hydrogens (tertiary/aromatic N) is 2. The maximum atomic E-state index is 12.1. The highest BCUT2D eigenvalue weighted by atomic mass is 16.5. The summed E-state index contributed by atoms with van der Waals surface area (Å²) in [5.74, 6) is 0.765. The molecular weight excluding hydrogens is 334 g/mol. The van der Waals surface area contributed by atoms with Crippen molar-refractivity contribution in [1.29, 1.82) is 0 Å². The van der Waals surface area contributed by atoms with E-state index in [-0.39, 0.29) is 11.7 Å². The van der Waals surface area contributed by atoms with Crippen LogP contribution in [0.25, 0.3) is 0 Å². The normalized spacial score (nSPS) is 10.9. The first-order valence-corrected chi connectivity index (χ1v) is 8.07. The number of hydrazone groups is 1. The molecule has 0 heterocycles. The Hall–Kier alpha value is -3.06. The number of carbonyl (C=O) groups excluding carboxylic acids is 1. The molecule has 0 fully saturated rings. The lowest BCUT2D eigenvalue weighted by atomic mass is 10.2. The second-order valence-corrected chi connectivity index (χ2v) is 5.81. The van der Waals surface area contributed by atoms with Crippen LogP contribution in [-0.4, -0.2) is 56.5 Å². The van der Waals surface area contributed by atoms with Crippen LogP contribution in [0.4, 0.5) is 0 Å². The summed E-state index contributed by atoms with van der Waals surface area (Å²) in [6.07, 6.45) is 1.47. The number of likely N-dealkylation sites (N-methyl/N-ethyl adjacent to an activating group) is 1. The monoisotopic (exact) mass is 357 g/mol. The molecule has 138 valence electrons. The molecule has 0 aliphatic heterocycles. The van der Waals surface area contributed by atoms with E-state index < -0.39 is 0 Å². The zero-order chi connectivity index (χ0) is 18.9. The molecule has 2 N–H and O–H groups in total. The molecule has 0 aliphatic carbocycles. The van der Waals surface area contributed by atoms with Gasteiger partial charge in [-0.05, 0) is 62.1 Å². The number of hydrogen-bond donors (Lipinski definition) is 2. The molecule has 2 rings (SSSR count). The van der Waals surface area contributed by atoms with E-state index in [2.05, 4.69) is 10.5 Å². The van der Waals surface area contributed by atoms with Gasteiger partial charge in [-0.2, -0.15) is 5.10 Å². The summed E-state index contributed by atoms with van der Waals surface area (Å²) in [6, 6.07) is 11.6. The lowest BCUT2D eigenvalue weighted by Crippen LogP contribution is -2.19. The van der Waals surface area contributed by atoms with Gasteiger partial charge < -0.3 is 19.5 Å². The molecule has 2 aromatic carbocycles. The molecule has 0 saturated carbocycles. The van der Waals surface area contributed by atoms with Gasteiger partial charge in [0.25, 0.3) is 5.91 Å². The summed E-state index contributed by atoms with van der Waals surface area (Å²) in [6.45, 7) is 1.40. The van der Waals surface area contributed by atoms with E-state index in [1.165, 1.54) is 19.4 Å². The van der Waals surface area contributed by atoms with Crippen molar-refractivity contribution in [2.24, 2.45) is 5.10 Å². The number of ether oxygens (including phenoxy) is 2. The summed E-state index contributed by atoms with van der Waals surface area (Å²) >= 11 is 0. The quantitative estimate of drug-likeness (QED) is 0.558. The number of benzene rings is 2. The topological polar surface area (TPSA) is 83.4 Å². The predicted molar refractivity (Wildman–Crippen MR) is 100 cm³/mol. The van der Waals surface area contributed by atoms with Gasteiger partial charge in [-0.25, -0.2) is 5.43 Å². The zero-order valence-electron chi connectivity index (χ0n) is 15.1. The van der Waals surface area contributed by atoms with Crippen molar-refractivity contribution < 1.29 is 19.4 Å². The van der Waals surface area contributed by atoms with Crippen molar-refractivity contribution in [2.75, 3.05) is 34.4 Å². The molecule has 0 radical (unpaired) electrons. The van der Waals surface area contributed by atoms with Crippen molar-refractivity contribution in [3.8, 4) is 17.2 Å². The largest absolute Gasteiger partial charge is 0.504 e. The highest BCUT2D eigenvalue weighted by molar-refractivity contribution is 5.95. The van der Waals surface area contributed by atoms with Gasteiger partial charge in [0.1, 0.15) is 12.4 Å². The van der Waals surface area contributed by atoms with E-state index in [0.29, 0.717) is 29.2 Å². The number of carbonyl (C=O) groups is 1.